The van der Waals surface area contributed by atoms with Gasteiger partial charge in [0.05, 0.1) is 44.2 Å². The first-order valence-corrected chi connectivity index (χ1v) is 14.9. The summed E-state index contributed by atoms with van der Waals surface area (Å²) in [6, 6.07) is 0.123. The number of thiazole rings is 2. The molecule has 8 nitrogen and oxygen atoms in total. The fraction of sp³-hybridized carbons (Fsp3) is 0.556. The van der Waals surface area contributed by atoms with Gasteiger partial charge in [0.25, 0.3) is 0 Å². The zero-order valence-electron chi connectivity index (χ0n) is 21.8. The van der Waals surface area contributed by atoms with E-state index < -0.39 is 0 Å². The Morgan fingerprint density at radius 1 is 0.865 bits per heavy atom. The number of allylic oxidation sites excluding steroid dienone is 1. The monoisotopic (exact) mass is 540 g/mol. The van der Waals surface area contributed by atoms with Gasteiger partial charge in [-0.05, 0) is 46.7 Å². The van der Waals surface area contributed by atoms with Crippen LogP contribution in [0.4, 0.5) is 0 Å². The number of likely N-dealkylation sites (N-methyl/N-ethyl adjacent to an activating group) is 2. The second kappa shape index (κ2) is 11.6. The normalized spacial score (nSPS) is 27.3. The highest BCUT2D eigenvalue weighted by molar-refractivity contribution is 7.10. The van der Waals surface area contributed by atoms with Crippen molar-refractivity contribution in [3.8, 4) is 0 Å². The lowest BCUT2D eigenvalue weighted by Crippen LogP contribution is -2.46. The number of carbonyl (C=O) groups is 2. The maximum absolute atomic E-state index is 12.9. The van der Waals surface area contributed by atoms with Gasteiger partial charge in [0.1, 0.15) is 12.1 Å². The van der Waals surface area contributed by atoms with Gasteiger partial charge in [-0.15, -0.1) is 22.7 Å². The fourth-order valence-corrected chi connectivity index (χ4v) is 7.50. The van der Waals surface area contributed by atoms with E-state index in [0.717, 1.165) is 59.9 Å². The van der Waals surface area contributed by atoms with Crippen LogP contribution in [0.1, 0.15) is 65.8 Å². The molecule has 4 aliphatic rings. The van der Waals surface area contributed by atoms with Crippen molar-refractivity contribution >= 4 is 34.5 Å². The van der Waals surface area contributed by atoms with E-state index in [4.69, 9.17) is 0 Å². The van der Waals surface area contributed by atoms with Gasteiger partial charge in [0.15, 0.2) is 0 Å². The molecule has 198 valence electrons. The van der Waals surface area contributed by atoms with E-state index in [2.05, 4.69) is 50.7 Å². The Labute approximate surface area is 226 Å². The summed E-state index contributed by atoms with van der Waals surface area (Å²) < 4.78 is 0. The maximum atomic E-state index is 12.9. The highest BCUT2D eigenvalue weighted by Gasteiger charge is 2.36. The Balaban J connectivity index is 0.000000153. The molecule has 2 aliphatic heterocycles. The van der Waals surface area contributed by atoms with Crippen molar-refractivity contribution in [2.45, 2.75) is 69.6 Å². The van der Waals surface area contributed by atoms with E-state index in [9.17, 15) is 9.59 Å². The molecule has 0 fully saturated rings. The second-order valence-corrected chi connectivity index (χ2v) is 11.8. The third-order valence-corrected chi connectivity index (χ3v) is 9.64. The van der Waals surface area contributed by atoms with E-state index in [1.165, 1.54) is 18.4 Å². The lowest BCUT2D eigenvalue weighted by atomic mass is 9.95. The molecule has 10 heteroatoms. The molecule has 4 heterocycles. The molecule has 0 aromatic carbocycles. The van der Waals surface area contributed by atoms with Crippen molar-refractivity contribution in [1.29, 1.82) is 0 Å². The van der Waals surface area contributed by atoms with Crippen molar-refractivity contribution in [3.63, 3.8) is 0 Å². The van der Waals surface area contributed by atoms with Crippen LogP contribution in [-0.2, 0) is 22.4 Å². The lowest BCUT2D eigenvalue weighted by Gasteiger charge is -2.33. The molecule has 6 rings (SSSR count). The van der Waals surface area contributed by atoms with Gasteiger partial charge in [0.2, 0.25) is 11.8 Å². The van der Waals surface area contributed by atoms with E-state index in [1.54, 1.807) is 22.7 Å². The molecule has 4 atom stereocenters. The van der Waals surface area contributed by atoms with Gasteiger partial charge in [-0.1, -0.05) is 23.8 Å². The highest BCUT2D eigenvalue weighted by atomic mass is 32.1. The molecular weight excluding hydrogens is 504 g/mol. The van der Waals surface area contributed by atoms with Crippen LogP contribution in [0.2, 0.25) is 0 Å². The first kappa shape index (κ1) is 26.2. The zero-order chi connectivity index (χ0) is 25.9. The average Bonchev–Trinajstić information content (AvgIpc) is 3.47. The number of rotatable bonds is 4. The van der Waals surface area contributed by atoms with E-state index in [1.807, 2.05) is 30.0 Å². The predicted molar refractivity (Wildman–Crippen MR) is 148 cm³/mol. The zero-order valence-corrected chi connectivity index (χ0v) is 23.4. The molecule has 0 radical (unpaired) electrons. The second-order valence-electron chi connectivity index (χ2n) is 10.0. The Morgan fingerprint density at radius 3 is 1.86 bits per heavy atom. The van der Waals surface area contributed by atoms with Crippen LogP contribution < -0.4 is 10.6 Å². The van der Waals surface area contributed by atoms with E-state index >= 15 is 0 Å². The molecule has 4 unspecified atom stereocenters. The van der Waals surface area contributed by atoms with Crippen LogP contribution in [-0.4, -0.2) is 70.9 Å². The summed E-state index contributed by atoms with van der Waals surface area (Å²) in [5.74, 6) is 0.385. The first-order valence-electron chi connectivity index (χ1n) is 13.2. The molecule has 2 aromatic heterocycles. The van der Waals surface area contributed by atoms with Crippen molar-refractivity contribution < 1.29 is 9.59 Å². The van der Waals surface area contributed by atoms with Crippen LogP contribution in [0, 0.1) is 0 Å². The minimum absolute atomic E-state index is 0.185. The van der Waals surface area contributed by atoms with Crippen LogP contribution in [0.15, 0.2) is 34.8 Å². The van der Waals surface area contributed by atoms with Gasteiger partial charge < -0.3 is 20.4 Å². The molecule has 2 aliphatic carbocycles. The molecule has 0 spiro atoms. The van der Waals surface area contributed by atoms with Crippen LogP contribution in [0.25, 0.3) is 0 Å². The average molecular weight is 541 g/mol. The summed E-state index contributed by atoms with van der Waals surface area (Å²) in [6.45, 7) is 3.73. The molecule has 0 saturated carbocycles. The number of hydrogen-bond acceptors (Lipinski definition) is 8. The SMILES string of the molecule is CNC1C(=O)N(C2C=C(C)CCC2)CCc2ncsc21.CNC1C(=O)N(C2C=CC2)CCc2ncsc21. The van der Waals surface area contributed by atoms with Crippen molar-refractivity contribution in [1.82, 2.24) is 30.4 Å². The van der Waals surface area contributed by atoms with E-state index in [0.29, 0.717) is 6.04 Å². The predicted octanol–water partition coefficient (Wildman–Crippen LogP) is 3.40. The Morgan fingerprint density at radius 2 is 1.41 bits per heavy atom. The first-order chi connectivity index (χ1) is 18.0. The van der Waals surface area contributed by atoms with Gasteiger partial charge >= 0.3 is 0 Å². The van der Waals surface area contributed by atoms with Crippen molar-refractivity contribution in [2.75, 3.05) is 27.2 Å². The summed E-state index contributed by atoms with van der Waals surface area (Å²) in [4.78, 5) is 40.3. The number of nitrogens with zero attached hydrogens (tertiary/aromatic N) is 4. The summed E-state index contributed by atoms with van der Waals surface area (Å²) in [5, 5.41) is 6.30. The number of nitrogens with one attached hydrogen (secondary N) is 2. The molecule has 2 amide bonds. The molecule has 0 saturated heterocycles. The third-order valence-electron chi connectivity index (χ3n) is 7.77. The quantitative estimate of drug-likeness (QED) is 0.578. The van der Waals surface area contributed by atoms with Crippen molar-refractivity contribution in [3.05, 3.63) is 56.0 Å². The number of hydrogen-bond donors (Lipinski definition) is 2. The van der Waals surface area contributed by atoms with Gasteiger partial charge in [0, 0.05) is 25.9 Å². The largest absolute Gasteiger partial charge is 0.334 e. The standard InChI is InChI=1S/C15H21N3OS.C12H15N3OS/c1-10-4-3-5-11(8-10)18-7-6-12-14(20-9-17-12)13(16-2)15(18)19;1-13-10-11-9(14-7-17-11)5-6-15(12(10)16)8-3-2-4-8/h8-9,11,13,16H,3-7H2,1-2H3;2-3,7-8,10,13H,4-6H2,1H3. The number of fused-ring (bicyclic) bond motifs is 2. The Bertz CT molecular complexity index is 1190. The van der Waals surface area contributed by atoms with Gasteiger partial charge in [-0.2, -0.15) is 0 Å². The highest BCUT2D eigenvalue weighted by Crippen LogP contribution is 2.32. The minimum Gasteiger partial charge on any atom is -0.334 e. The molecule has 2 N–H and O–H groups in total. The molecule has 0 bridgehead atoms. The number of carbonyl (C=O) groups excluding carboxylic acids is 2. The fourth-order valence-electron chi connectivity index (χ4n) is 5.62. The van der Waals surface area contributed by atoms with Crippen LogP contribution in [0.5, 0.6) is 0 Å². The third kappa shape index (κ3) is 5.30. The summed E-state index contributed by atoms with van der Waals surface area (Å²) in [7, 11) is 3.70. The minimum atomic E-state index is -0.226. The van der Waals surface area contributed by atoms with E-state index in [-0.39, 0.29) is 29.9 Å². The lowest BCUT2D eigenvalue weighted by molar-refractivity contribution is -0.135. The molecular formula is C27H36N6O2S2. The number of aromatic nitrogens is 2. The number of amides is 2. The topological polar surface area (TPSA) is 90.5 Å². The van der Waals surface area contributed by atoms with Crippen LogP contribution >= 0.6 is 22.7 Å². The van der Waals surface area contributed by atoms with Crippen molar-refractivity contribution in [2.24, 2.45) is 0 Å². The van der Waals surface area contributed by atoms with Crippen LogP contribution in [0.3, 0.4) is 0 Å². The maximum Gasteiger partial charge on any atom is 0.245 e. The molecule has 37 heavy (non-hydrogen) atoms. The Hall–Kier alpha value is -2.40. The van der Waals surface area contributed by atoms with Gasteiger partial charge in [-0.25, -0.2) is 9.97 Å². The summed E-state index contributed by atoms with van der Waals surface area (Å²) in [6.07, 6.45) is 12.7. The Kier molecular flexibility index (Phi) is 8.18. The molecule has 2 aromatic rings. The summed E-state index contributed by atoms with van der Waals surface area (Å²) in [5.41, 5.74) is 7.26. The van der Waals surface area contributed by atoms with Gasteiger partial charge in [-0.3, -0.25) is 9.59 Å². The summed E-state index contributed by atoms with van der Waals surface area (Å²) >= 11 is 3.16. The smallest absolute Gasteiger partial charge is 0.245 e.